The van der Waals surface area contributed by atoms with Crippen molar-refractivity contribution in [2.75, 3.05) is 32.5 Å². The highest BCUT2D eigenvalue weighted by molar-refractivity contribution is 5.90. The van der Waals surface area contributed by atoms with Crippen molar-refractivity contribution in [1.82, 2.24) is 20.0 Å². The molecule has 6 heteroatoms. The van der Waals surface area contributed by atoms with Crippen LogP contribution in [-0.4, -0.2) is 53.8 Å². The highest BCUT2D eigenvalue weighted by atomic mass is 16.1. The predicted octanol–water partition coefficient (Wildman–Crippen LogP) is 0.525. The molecule has 19 heavy (non-hydrogen) atoms. The van der Waals surface area contributed by atoms with E-state index in [1.54, 1.807) is 0 Å². The lowest BCUT2D eigenvalue weighted by Gasteiger charge is -2.09. The number of nitrogens with one attached hydrogen (secondary N) is 2. The van der Waals surface area contributed by atoms with E-state index < -0.39 is 0 Å². The Morgan fingerprint density at radius 1 is 1.63 bits per heavy atom. The fraction of sp³-hybridized carbons (Fsp3) is 0.692. The lowest BCUT2D eigenvalue weighted by atomic mass is 10.1. The van der Waals surface area contributed by atoms with Gasteiger partial charge in [-0.1, -0.05) is 0 Å². The summed E-state index contributed by atoms with van der Waals surface area (Å²) in [7, 11) is 4.06. The van der Waals surface area contributed by atoms with Gasteiger partial charge in [0.05, 0.1) is 6.54 Å². The second-order valence-corrected chi connectivity index (χ2v) is 5.31. The van der Waals surface area contributed by atoms with Gasteiger partial charge in [-0.25, -0.2) is 0 Å². The van der Waals surface area contributed by atoms with Crippen LogP contribution in [0.1, 0.15) is 19.3 Å². The number of carbonyl (C=O) groups excluding carboxylic acids is 1. The smallest absolute Gasteiger partial charge is 0.227 e. The lowest BCUT2D eigenvalue weighted by Crippen LogP contribution is -2.27. The fourth-order valence-electron chi connectivity index (χ4n) is 2.20. The van der Waals surface area contributed by atoms with Gasteiger partial charge in [-0.15, -0.1) is 0 Å². The first kappa shape index (κ1) is 14.0. The molecule has 0 saturated carbocycles. The van der Waals surface area contributed by atoms with Crippen molar-refractivity contribution in [3.05, 3.63) is 12.3 Å². The van der Waals surface area contributed by atoms with Gasteiger partial charge >= 0.3 is 0 Å². The number of rotatable bonds is 6. The Morgan fingerprint density at radius 3 is 3.16 bits per heavy atom. The summed E-state index contributed by atoms with van der Waals surface area (Å²) in [6.45, 7) is 2.78. The zero-order valence-electron chi connectivity index (χ0n) is 11.7. The van der Waals surface area contributed by atoms with Crippen LogP contribution in [0.2, 0.25) is 0 Å². The molecular formula is C13H23N5O. The molecule has 1 fully saturated rings. The largest absolute Gasteiger partial charge is 0.313 e. The van der Waals surface area contributed by atoms with Gasteiger partial charge in [-0.05, 0) is 33.5 Å². The standard InChI is InChI=1S/C13H23N5O/c1-17(2)8-9-18-7-5-12(16-18)15-13(19)10-11-4-3-6-14-11/h5,7,11,14H,3-4,6,8-10H2,1-2H3,(H,15,16,19). The van der Waals surface area contributed by atoms with Crippen molar-refractivity contribution >= 4 is 11.7 Å². The van der Waals surface area contributed by atoms with Crippen LogP contribution in [0, 0.1) is 0 Å². The summed E-state index contributed by atoms with van der Waals surface area (Å²) in [5.74, 6) is 0.680. The van der Waals surface area contributed by atoms with Crippen molar-refractivity contribution in [1.29, 1.82) is 0 Å². The molecular weight excluding hydrogens is 242 g/mol. The molecule has 1 atom stereocenters. The van der Waals surface area contributed by atoms with Gasteiger partial charge in [-0.2, -0.15) is 5.10 Å². The fourth-order valence-corrected chi connectivity index (χ4v) is 2.20. The molecule has 1 amide bonds. The number of anilines is 1. The Hall–Kier alpha value is -1.40. The maximum atomic E-state index is 11.8. The summed E-state index contributed by atoms with van der Waals surface area (Å²) in [6.07, 6.45) is 4.68. The predicted molar refractivity (Wildman–Crippen MR) is 75.1 cm³/mol. The van der Waals surface area contributed by atoms with Crippen LogP contribution in [0.5, 0.6) is 0 Å². The lowest BCUT2D eigenvalue weighted by molar-refractivity contribution is -0.116. The Labute approximate surface area is 114 Å². The van der Waals surface area contributed by atoms with Crippen molar-refractivity contribution in [3.8, 4) is 0 Å². The van der Waals surface area contributed by atoms with E-state index in [4.69, 9.17) is 0 Å². The number of carbonyl (C=O) groups is 1. The number of amides is 1. The quantitative estimate of drug-likeness (QED) is 0.787. The van der Waals surface area contributed by atoms with Crippen LogP contribution < -0.4 is 10.6 Å². The van der Waals surface area contributed by atoms with E-state index in [0.29, 0.717) is 18.3 Å². The molecule has 106 valence electrons. The van der Waals surface area contributed by atoms with Crippen molar-refractivity contribution in [2.45, 2.75) is 31.8 Å². The Bertz CT molecular complexity index is 409. The molecule has 0 spiro atoms. The summed E-state index contributed by atoms with van der Waals surface area (Å²) in [4.78, 5) is 13.9. The molecule has 1 aliphatic heterocycles. The van der Waals surface area contributed by atoms with Gasteiger partial charge in [0.25, 0.3) is 0 Å². The van der Waals surface area contributed by atoms with Gasteiger partial charge < -0.3 is 15.5 Å². The monoisotopic (exact) mass is 265 g/mol. The molecule has 1 aromatic rings. The molecule has 1 unspecified atom stereocenters. The molecule has 2 rings (SSSR count). The topological polar surface area (TPSA) is 62.2 Å². The first-order chi connectivity index (χ1) is 9.13. The van der Waals surface area contributed by atoms with Crippen LogP contribution >= 0.6 is 0 Å². The van der Waals surface area contributed by atoms with E-state index in [1.165, 1.54) is 0 Å². The van der Waals surface area contributed by atoms with Crippen LogP contribution in [0.25, 0.3) is 0 Å². The first-order valence-corrected chi connectivity index (χ1v) is 6.85. The summed E-state index contributed by atoms with van der Waals surface area (Å²) in [6, 6.07) is 2.17. The van der Waals surface area contributed by atoms with Crippen LogP contribution in [-0.2, 0) is 11.3 Å². The number of aromatic nitrogens is 2. The molecule has 0 radical (unpaired) electrons. The van der Waals surface area contributed by atoms with E-state index in [1.807, 2.05) is 31.0 Å². The summed E-state index contributed by atoms with van der Waals surface area (Å²) >= 11 is 0. The molecule has 1 aliphatic rings. The minimum atomic E-state index is 0.0391. The van der Waals surface area contributed by atoms with E-state index in [9.17, 15) is 4.79 Å². The van der Waals surface area contributed by atoms with Gasteiger partial charge in [0.15, 0.2) is 5.82 Å². The Kier molecular flexibility index (Phi) is 4.93. The second kappa shape index (κ2) is 6.68. The molecule has 0 aromatic carbocycles. The van der Waals surface area contributed by atoms with E-state index >= 15 is 0 Å². The maximum absolute atomic E-state index is 11.8. The van der Waals surface area contributed by atoms with Crippen LogP contribution in [0.4, 0.5) is 5.82 Å². The number of nitrogens with zero attached hydrogens (tertiary/aromatic N) is 3. The van der Waals surface area contributed by atoms with E-state index in [0.717, 1.165) is 32.5 Å². The Morgan fingerprint density at radius 2 is 2.47 bits per heavy atom. The van der Waals surface area contributed by atoms with Gasteiger partial charge in [0.1, 0.15) is 0 Å². The zero-order valence-corrected chi connectivity index (χ0v) is 11.7. The van der Waals surface area contributed by atoms with Crippen molar-refractivity contribution in [2.24, 2.45) is 0 Å². The molecule has 1 saturated heterocycles. The zero-order chi connectivity index (χ0) is 13.7. The second-order valence-electron chi connectivity index (χ2n) is 5.31. The number of hydrogen-bond donors (Lipinski definition) is 2. The highest BCUT2D eigenvalue weighted by Crippen LogP contribution is 2.10. The molecule has 0 aliphatic carbocycles. The average molecular weight is 265 g/mol. The maximum Gasteiger partial charge on any atom is 0.227 e. The molecule has 1 aromatic heterocycles. The number of likely N-dealkylation sites (N-methyl/N-ethyl adjacent to an activating group) is 1. The minimum Gasteiger partial charge on any atom is -0.313 e. The summed E-state index contributed by atoms with van der Waals surface area (Å²) < 4.78 is 1.85. The SMILES string of the molecule is CN(C)CCn1ccc(NC(=O)CC2CCCN2)n1. The number of hydrogen-bond acceptors (Lipinski definition) is 4. The Balaban J connectivity index is 1.76. The molecule has 2 N–H and O–H groups in total. The van der Waals surface area contributed by atoms with Gasteiger partial charge in [-0.3, -0.25) is 9.48 Å². The van der Waals surface area contributed by atoms with E-state index in [-0.39, 0.29) is 5.91 Å². The van der Waals surface area contributed by atoms with Gasteiger partial charge in [0, 0.05) is 31.3 Å². The molecule has 6 nitrogen and oxygen atoms in total. The summed E-state index contributed by atoms with van der Waals surface area (Å²) in [5, 5.41) is 10.5. The van der Waals surface area contributed by atoms with Gasteiger partial charge in [0.2, 0.25) is 5.91 Å². The van der Waals surface area contributed by atoms with Crippen LogP contribution in [0.3, 0.4) is 0 Å². The van der Waals surface area contributed by atoms with E-state index in [2.05, 4.69) is 20.6 Å². The average Bonchev–Trinajstić information content (AvgIpc) is 2.98. The third kappa shape index (κ3) is 4.65. The highest BCUT2D eigenvalue weighted by Gasteiger charge is 2.17. The third-order valence-corrected chi connectivity index (χ3v) is 3.28. The first-order valence-electron chi connectivity index (χ1n) is 6.85. The van der Waals surface area contributed by atoms with Crippen LogP contribution in [0.15, 0.2) is 12.3 Å². The minimum absolute atomic E-state index is 0.0391. The third-order valence-electron chi connectivity index (χ3n) is 3.28. The van der Waals surface area contributed by atoms with Crippen molar-refractivity contribution < 1.29 is 4.79 Å². The summed E-state index contributed by atoms with van der Waals surface area (Å²) in [5.41, 5.74) is 0. The normalized spacial score (nSPS) is 19.0. The molecule has 0 bridgehead atoms. The molecule has 2 heterocycles. The van der Waals surface area contributed by atoms with Crippen molar-refractivity contribution in [3.63, 3.8) is 0 Å².